The molecule has 0 saturated heterocycles. The summed E-state index contributed by atoms with van der Waals surface area (Å²) in [6, 6.07) is 18.8. The molecule has 0 atom stereocenters. The average Bonchev–Trinajstić information content (AvgIpc) is 2.62. The summed E-state index contributed by atoms with van der Waals surface area (Å²) in [4.78, 5) is 0. The van der Waals surface area contributed by atoms with E-state index in [4.69, 9.17) is 0 Å². The van der Waals surface area contributed by atoms with Crippen LogP contribution >= 0.6 is 7.14 Å². The van der Waals surface area contributed by atoms with Crippen molar-refractivity contribution in [2.75, 3.05) is 0 Å². The first-order chi connectivity index (χ1) is 12.2. The van der Waals surface area contributed by atoms with Gasteiger partial charge in [0.25, 0.3) is 0 Å². The van der Waals surface area contributed by atoms with Gasteiger partial charge in [0.2, 0.25) is 0 Å². The van der Waals surface area contributed by atoms with Crippen molar-refractivity contribution in [1.29, 1.82) is 0 Å². The van der Waals surface area contributed by atoms with Crippen molar-refractivity contribution in [2.45, 2.75) is 33.3 Å². The molecule has 134 valence electrons. The van der Waals surface area contributed by atoms with Crippen LogP contribution in [0.3, 0.4) is 0 Å². The zero-order valence-corrected chi connectivity index (χ0v) is 16.7. The summed E-state index contributed by atoms with van der Waals surface area (Å²) < 4.78 is 14.3. The molecule has 0 saturated carbocycles. The van der Waals surface area contributed by atoms with Crippen LogP contribution in [0.1, 0.15) is 27.7 Å². The minimum Gasteiger partial charge on any atom is -0.385 e. The van der Waals surface area contributed by atoms with Crippen LogP contribution in [0.25, 0.3) is 0 Å². The van der Waals surface area contributed by atoms with Gasteiger partial charge in [-0.25, -0.2) is 0 Å². The molecule has 0 bridgehead atoms. The van der Waals surface area contributed by atoms with E-state index in [1.165, 1.54) is 0 Å². The fraction of sp³-hybridized carbons (Fsp3) is 0.217. The Kier molecular flexibility index (Phi) is 6.09. The third-order valence-corrected chi connectivity index (χ3v) is 7.54. The van der Waals surface area contributed by atoms with Gasteiger partial charge in [-0.2, -0.15) is 0 Å². The highest BCUT2D eigenvalue weighted by Crippen LogP contribution is 2.53. The highest BCUT2D eigenvalue weighted by atomic mass is 31.2. The zero-order chi connectivity index (χ0) is 19.4. The van der Waals surface area contributed by atoms with Gasteiger partial charge in [0, 0.05) is 16.2 Å². The van der Waals surface area contributed by atoms with Crippen LogP contribution in [0.4, 0.5) is 0 Å². The molecule has 0 fully saturated rings. The van der Waals surface area contributed by atoms with Crippen LogP contribution in [-0.2, 0) is 4.57 Å². The van der Waals surface area contributed by atoms with Crippen molar-refractivity contribution in [2.24, 2.45) is 0 Å². The van der Waals surface area contributed by atoms with Crippen LogP contribution in [0.5, 0.6) is 0 Å². The van der Waals surface area contributed by atoms with Gasteiger partial charge >= 0.3 is 0 Å². The molecule has 2 aromatic rings. The maximum atomic E-state index is 14.3. The van der Waals surface area contributed by atoms with Crippen LogP contribution in [0.2, 0.25) is 0 Å². The lowest BCUT2D eigenvalue weighted by Gasteiger charge is -2.22. The average molecular weight is 364 g/mol. The normalized spacial score (nSPS) is 11.3. The second-order valence-electron chi connectivity index (χ2n) is 6.74. The minimum atomic E-state index is -3.15. The number of rotatable bonds is 5. The van der Waals surface area contributed by atoms with Crippen molar-refractivity contribution >= 4 is 17.8 Å². The van der Waals surface area contributed by atoms with Crippen LogP contribution in [0.15, 0.2) is 95.2 Å². The van der Waals surface area contributed by atoms with E-state index in [2.05, 4.69) is 18.0 Å². The molecule has 1 N–H and O–H groups in total. The molecule has 2 rings (SSSR count). The first-order valence-electron chi connectivity index (χ1n) is 8.50. The molecule has 3 heteroatoms. The summed E-state index contributed by atoms with van der Waals surface area (Å²) in [6.07, 6.45) is 0. The fourth-order valence-electron chi connectivity index (χ4n) is 2.66. The van der Waals surface area contributed by atoms with Gasteiger partial charge in [0.15, 0.2) is 7.14 Å². The predicted octanol–water partition coefficient (Wildman–Crippen LogP) is 4.93. The Morgan fingerprint density at radius 3 is 1.73 bits per heavy atom. The third kappa shape index (κ3) is 4.07. The molecule has 0 aliphatic carbocycles. The second kappa shape index (κ2) is 7.92. The van der Waals surface area contributed by atoms with Gasteiger partial charge in [-0.1, -0.05) is 67.2 Å². The molecular formula is C23H25O2P. The summed E-state index contributed by atoms with van der Waals surface area (Å²) in [5, 5.41) is 12.2. The number of hydrogen-bond donors (Lipinski definition) is 1. The van der Waals surface area contributed by atoms with E-state index in [-0.39, 0.29) is 0 Å². The van der Waals surface area contributed by atoms with Crippen molar-refractivity contribution < 1.29 is 9.67 Å². The Bertz CT molecular complexity index is 891. The summed E-state index contributed by atoms with van der Waals surface area (Å²) in [5.74, 6) is 0. The van der Waals surface area contributed by atoms with E-state index < -0.39 is 12.7 Å². The lowest BCUT2D eigenvalue weighted by Crippen LogP contribution is -2.20. The molecule has 0 aliphatic rings. The van der Waals surface area contributed by atoms with Gasteiger partial charge in [-0.15, -0.1) is 11.5 Å². The largest absolute Gasteiger partial charge is 0.385 e. The Morgan fingerprint density at radius 1 is 0.962 bits per heavy atom. The molecule has 0 heterocycles. The first kappa shape index (κ1) is 20.0. The summed E-state index contributed by atoms with van der Waals surface area (Å²) in [6.45, 7) is 10.8. The number of allylic oxidation sites excluding steroid dienone is 1. The molecule has 0 amide bonds. The Balaban J connectivity index is 2.80. The molecule has 2 nitrogen and oxygen atoms in total. The highest BCUT2D eigenvalue weighted by molar-refractivity contribution is 7.82. The van der Waals surface area contributed by atoms with E-state index in [9.17, 15) is 9.67 Å². The molecule has 0 spiro atoms. The minimum absolute atomic E-state index is 0.512. The van der Waals surface area contributed by atoms with Crippen molar-refractivity contribution in [3.63, 3.8) is 0 Å². The third-order valence-electron chi connectivity index (χ3n) is 4.37. The SMILES string of the molecule is C=C=C(C(C)=C=C(C)C(C)(C)O)P(=O)(c1ccccc1)c1ccccc1. The summed E-state index contributed by atoms with van der Waals surface area (Å²) >= 11 is 0. The molecule has 0 unspecified atom stereocenters. The number of hydrogen-bond acceptors (Lipinski definition) is 2. The fourth-order valence-corrected chi connectivity index (χ4v) is 5.41. The van der Waals surface area contributed by atoms with E-state index in [1.54, 1.807) is 20.8 Å². The maximum absolute atomic E-state index is 14.3. The van der Waals surface area contributed by atoms with E-state index in [0.29, 0.717) is 16.5 Å². The topological polar surface area (TPSA) is 37.3 Å². The van der Waals surface area contributed by atoms with Crippen LogP contribution < -0.4 is 10.6 Å². The molecule has 2 aromatic carbocycles. The molecule has 26 heavy (non-hydrogen) atoms. The monoisotopic (exact) mass is 364 g/mol. The molecular weight excluding hydrogens is 339 g/mol. The predicted molar refractivity (Wildman–Crippen MR) is 111 cm³/mol. The van der Waals surface area contributed by atoms with Gasteiger partial charge in [-0.3, -0.25) is 0 Å². The van der Waals surface area contributed by atoms with Gasteiger partial charge in [0.05, 0.1) is 10.9 Å². The molecule has 0 aromatic heterocycles. The first-order valence-corrected chi connectivity index (χ1v) is 10.2. The Labute approximate surface area is 156 Å². The Morgan fingerprint density at radius 2 is 1.38 bits per heavy atom. The van der Waals surface area contributed by atoms with Gasteiger partial charge in [0.1, 0.15) is 0 Å². The zero-order valence-electron chi connectivity index (χ0n) is 15.8. The van der Waals surface area contributed by atoms with Crippen molar-refractivity contribution in [1.82, 2.24) is 0 Å². The second-order valence-corrected chi connectivity index (χ2v) is 9.44. The standard InChI is InChI=1S/C23H25O2P/c1-6-22(18(2)17-19(3)23(4,5)24)26(25,20-13-9-7-10-14-20)21-15-11-8-12-16-21/h7-16,24H,1H2,2-5H3. The van der Waals surface area contributed by atoms with E-state index in [0.717, 1.165) is 10.6 Å². The van der Waals surface area contributed by atoms with Gasteiger partial charge < -0.3 is 9.67 Å². The van der Waals surface area contributed by atoms with Gasteiger partial charge in [-0.05, 0) is 33.3 Å². The summed E-state index contributed by atoms with van der Waals surface area (Å²) in [7, 11) is -3.15. The van der Waals surface area contributed by atoms with Crippen molar-refractivity contribution in [3.8, 4) is 0 Å². The van der Waals surface area contributed by atoms with E-state index in [1.807, 2.05) is 67.6 Å². The van der Waals surface area contributed by atoms with E-state index >= 15 is 0 Å². The smallest absolute Gasteiger partial charge is 0.179 e. The number of benzene rings is 2. The van der Waals surface area contributed by atoms with Crippen LogP contribution in [-0.4, -0.2) is 10.7 Å². The lowest BCUT2D eigenvalue weighted by molar-refractivity contribution is 0.120. The Hall–Kier alpha value is -2.33. The quantitative estimate of drug-likeness (QED) is 0.464. The highest BCUT2D eigenvalue weighted by Gasteiger charge is 2.33. The van der Waals surface area contributed by atoms with Crippen LogP contribution in [0, 0.1) is 0 Å². The molecule has 0 aliphatic heterocycles. The maximum Gasteiger partial charge on any atom is 0.179 e. The van der Waals surface area contributed by atoms with Crippen molar-refractivity contribution in [3.05, 3.63) is 95.2 Å². The lowest BCUT2D eigenvalue weighted by atomic mass is 10.0. The summed E-state index contributed by atoms with van der Waals surface area (Å²) in [5.41, 5.74) is 6.41. The molecule has 0 radical (unpaired) electrons. The number of aliphatic hydroxyl groups is 1.